The SMILES string of the molecule is [CH2-][N+](C)(C)CCCN1/C(=C/C2=C(C(=C=N)C#N)C(=C/C3=[N+](C)c4ccccc4C3(C)C)/C2=O)C(C)(C)c2cc(Br)ccc21. The highest BCUT2D eigenvalue weighted by Crippen LogP contribution is 2.50. The van der Waals surface area contributed by atoms with Crippen LogP contribution >= 0.6 is 15.9 Å². The Morgan fingerprint density at radius 1 is 1.12 bits per heavy atom. The van der Waals surface area contributed by atoms with Gasteiger partial charge < -0.3 is 9.38 Å². The second kappa shape index (κ2) is 10.7. The van der Waals surface area contributed by atoms with E-state index in [-0.39, 0.29) is 16.8 Å². The lowest BCUT2D eigenvalue weighted by molar-refractivity contribution is -0.845. The van der Waals surface area contributed by atoms with Crippen LogP contribution in [0.3, 0.4) is 0 Å². The second-order valence-electron chi connectivity index (χ2n) is 13.4. The first-order valence-corrected chi connectivity index (χ1v) is 15.3. The molecule has 0 aromatic heterocycles. The highest BCUT2D eigenvalue weighted by atomic mass is 79.9. The smallest absolute Gasteiger partial charge is 0.209 e. The molecule has 0 amide bonds. The normalized spacial score (nSPS) is 20.3. The standard InChI is InChI=1S/C36H39BrN5O/c1-35(2)27-12-9-10-13-29(27)40(5)31(35)19-25-33(23(21-38)22-39)26(34(25)43)20-32-36(3,4)28-18-24(37)14-15-30(28)41(32)16-11-17-42(6,7)8/h9-10,12-15,18-20,38H,6,11,16-17H2,1-5,7-8H3/q+1. The molecule has 0 atom stereocenters. The van der Waals surface area contributed by atoms with Crippen molar-refractivity contribution in [3.8, 4) is 6.07 Å². The van der Waals surface area contributed by atoms with Gasteiger partial charge in [0.15, 0.2) is 11.5 Å². The predicted octanol–water partition coefficient (Wildman–Crippen LogP) is 6.90. The van der Waals surface area contributed by atoms with E-state index in [1.165, 1.54) is 11.1 Å². The van der Waals surface area contributed by atoms with Crippen LogP contribution in [0, 0.1) is 23.8 Å². The minimum absolute atomic E-state index is 0.0630. The number of carbonyl (C=O) groups is 1. The molecule has 5 rings (SSSR count). The van der Waals surface area contributed by atoms with Crippen molar-refractivity contribution < 1.29 is 13.9 Å². The van der Waals surface area contributed by atoms with Crippen LogP contribution in [0.15, 0.2) is 87.1 Å². The third-order valence-electron chi connectivity index (χ3n) is 9.02. The Morgan fingerprint density at radius 3 is 2.44 bits per heavy atom. The number of halogens is 1. The monoisotopic (exact) mass is 636 g/mol. The summed E-state index contributed by atoms with van der Waals surface area (Å²) in [5.41, 5.74) is 7.26. The molecule has 0 bridgehead atoms. The number of ketones is 1. The fourth-order valence-corrected chi connectivity index (χ4v) is 7.04. The van der Waals surface area contributed by atoms with Crippen molar-refractivity contribution in [3.63, 3.8) is 0 Å². The van der Waals surface area contributed by atoms with Gasteiger partial charge in [0.1, 0.15) is 18.7 Å². The van der Waals surface area contributed by atoms with E-state index in [1.807, 2.05) is 37.4 Å². The molecule has 2 aliphatic heterocycles. The molecule has 0 fully saturated rings. The van der Waals surface area contributed by atoms with Crippen molar-refractivity contribution in [1.29, 1.82) is 10.7 Å². The zero-order valence-corrected chi connectivity index (χ0v) is 27.7. The molecule has 2 heterocycles. The lowest BCUT2D eigenvalue weighted by Crippen LogP contribution is -2.36. The van der Waals surface area contributed by atoms with Crippen molar-refractivity contribution in [2.45, 2.75) is 44.9 Å². The molecule has 220 valence electrons. The first-order chi connectivity index (χ1) is 20.1. The van der Waals surface area contributed by atoms with Crippen LogP contribution in [0.5, 0.6) is 0 Å². The molecule has 0 radical (unpaired) electrons. The van der Waals surface area contributed by atoms with E-state index in [9.17, 15) is 10.1 Å². The van der Waals surface area contributed by atoms with Crippen LogP contribution in [0.25, 0.3) is 0 Å². The Bertz CT molecular complexity index is 1780. The Balaban J connectivity index is 1.66. The second-order valence-corrected chi connectivity index (χ2v) is 14.3. The maximum atomic E-state index is 14.0. The number of nitrogens with one attached hydrogen (secondary N) is 1. The zero-order valence-electron chi connectivity index (χ0n) is 26.1. The quantitative estimate of drug-likeness (QED) is 0.0897. The molecule has 2 aromatic rings. The lowest BCUT2D eigenvalue weighted by atomic mass is 9.73. The van der Waals surface area contributed by atoms with Gasteiger partial charge in [0, 0.05) is 82.8 Å². The Kier molecular flexibility index (Phi) is 7.63. The summed E-state index contributed by atoms with van der Waals surface area (Å²) in [6.45, 7) is 10.3. The van der Waals surface area contributed by atoms with E-state index in [1.54, 1.807) is 0 Å². The van der Waals surface area contributed by atoms with E-state index in [0.29, 0.717) is 21.2 Å². The molecule has 6 nitrogen and oxygen atoms in total. The molecule has 0 saturated carbocycles. The Morgan fingerprint density at radius 2 is 1.81 bits per heavy atom. The number of quaternary nitrogens is 1. The molecule has 1 aliphatic carbocycles. The van der Waals surface area contributed by atoms with Gasteiger partial charge in [0.2, 0.25) is 5.69 Å². The van der Waals surface area contributed by atoms with Crippen LogP contribution in [0.1, 0.15) is 45.2 Å². The summed E-state index contributed by atoms with van der Waals surface area (Å²) < 4.78 is 3.73. The van der Waals surface area contributed by atoms with Gasteiger partial charge in [-0.3, -0.25) is 10.2 Å². The molecule has 2 aromatic carbocycles. The van der Waals surface area contributed by atoms with Crippen molar-refractivity contribution >= 4 is 44.7 Å². The van der Waals surface area contributed by atoms with E-state index < -0.39 is 5.41 Å². The number of carbonyl (C=O) groups excluding carboxylic acids is 1. The fourth-order valence-electron chi connectivity index (χ4n) is 6.68. The number of allylic oxidation sites excluding steroid dienone is 7. The van der Waals surface area contributed by atoms with Crippen molar-refractivity contribution in [1.82, 2.24) is 0 Å². The van der Waals surface area contributed by atoms with Crippen LogP contribution in [0.2, 0.25) is 0 Å². The minimum Gasteiger partial charge on any atom is -0.462 e. The lowest BCUT2D eigenvalue weighted by Gasteiger charge is -2.34. The molecule has 43 heavy (non-hydrogen) atoms. The summed E-state index contributed by atoms with van der Waals surface area (Å²) in [6.07, 6.45) is 4.77. The molecular formula is C36H39BrN5O+. The molecule has 7 heteroatoms. The first kappa shape index (κ1) is 30.6. The average molecular weight is 638 g/mol. The van der Waals surface area contributed by atoms with E-state index in [2.05, 4.69) is 110 Å². The summed E-state index contributed by atoms with van der Waals surface area (Å²) in [5.74, 6) is 2.19. The average Bonchev–Trinajstić information content (AvgIpc) is 3.27. The zero-order chi connectivity index (χ0) is 31.5. The summed E-state index contributed by atoms with van der Waals surface area (Å²) >= 11 is 3.65. The van der Waals surface area contributed by atoms with Crippen molar-refractivity contribution in [3.05, 3.63) is 105 Å². The van der Waals surface area contributed by atoms with Gasteiger partial charge in [-0.05, 0) is 49.6 Å². The van der Waals surface area contributed by atoms with Gasteiger partial charge in [0.25, 0.3) is 0 Å². The number of benzene rings is 2. The van der Waals surface area contributed by atoms with Crippen LogP contribution in [0.4, 0.5) is 11.4 Å². The van der Waals surface area contributed by atoms with E-state index in [0.717, 1.165) is 46.8 Å². The van der Waals surface area contributed by atoms with Gasteiger partial charge in [-0.2, -0.15) is 9.84 Å². The third kappa shape index (κ3) is 5.08. The number of nitrogens with zero attached hydrogens (tertiary/aromatic N) is 4. The number of nitriles is 1. The number of hydrogen-bond donors (Lipinski definition) is 1. The number of rotatable bonds is 7. The summed E-state index contributed by atoms with van der Waals surface area (Å²) in [7, 11) is 10.4. The van der Waals surface area contributed by atoms with Gasteiger partial charge in [-0.25, -0.2) is 0 Å². The Hall–Kier alpha value is -3.82. The van der Waals surface area contributed by atoms with Crippen LogP contribution in [-0.2, 0) is 15.6 Å². The minimum atomic E-state index is -0.392. The van der Waals surface area contributed by atoms with Crippen LogP contribution in [-0.4, -0.2) is 60.7 Å². The first-order valence-electron chi connectivity index (χ1n) is 14.5. The number of hydrogen-bond acceptors (Lipinski definition) is 4. The Labute approximate surface area is 263 Å². The van der Waals surface area contributed by atoms with Gasteiger partial charge in [-0.15, -0.1) is 7.05 Å². The molecule has 1 N–H and O–H groups in total. The molecule has 0 spiro atoms. The van der Waals surface area contributed by atoms with E-state index in [4.69, 9.17) is 5.41 Å². The van der Waals surface area contributed by atoms with Crippen molar-refractivity contribution in [2.24, 2.45) is 0 Å². The molecule has 0 unspecified atom stereocenters. The molecule has 0 saturated heterocycles. The fraction of sp³-hybridized carbons (Fsp3) is 0.333. The largest absolute Gasteiger partial charge is 0.462 e. The third-order valence-corrected chi connectivity index (χ3v) is 9.51. The van der Waals surface area contributed by atoms with Gasteiger partial charge in [-0.1, -0.05) is 48.0 Å². The summed E-state index contributed by atoms with van der Waals surface area (Å²) in [6, 6.07) is 16.7. The van der Waals surface area contributed by atoms with Gasteiger partial charge >= 0.3 is 0 Å². The molecular weight excluding hydrogens is 598 g/mol. The number of Topliss-reactive ketones (excluding diaryl/α,β-unsaturated/α-hetero) is 1. The summed E-state index contributed by atoms with van der Waals surface area (Å²) in [4.78, 5) is 16.3. The van der Waals surface area contributed by atoms with E-state index >= 15 is 0 Å². The number of para-hydroxylation sites is 1. The van der Waals surface area contributed by atoms with Gasteiger partial charge in [0.05, 0.1) is 12.0 Å². The number of anilines is 1. The number of fused-ring (bicyclic) bond motifs is 2. The topological polar surface area (TPSA) is 71.0 Å². The van der Waals surface area contributed by atoms with Crippen LogP contribution < -0.4 is 4.90 Å². The highest BCUT2D eigenvalue weighted by Gasteiger charge is 2.46. The summed E-state index contributed by atoms with van der Waals surface area (Å²) in [5, 5.41) is 17.9. The predicted molar refractivity (Wildman–Crippen MR) is 177 cm³/mol. The maximum absolute atomic E-state index is 14.0. The maximum Gasteiger partial charge on any atom is 0.209 e. The molecule has 3 aliphatic rings. The highest BCUT2D eigenvalue weighted by molar-refractivity contribution is 9.10. The van der Waals surface area contributed by atoms with Crippen molar-refractivity contribution in [2.75, 3.05) is 39.1 Å².